The van der Waals surface area contributed by atoms with Crippen LogP contribution in [0.2, 0.25) is 0 Å². The molecular weight excluding hydrogens is 391 g/mol. The molecule has 0 saturated carbocycles. The van der Waals surface area contributed by atoms with Gasteiger partial charge in [0.15, 0.2) is 11.8 Å². The number of carbonyl (C=O) groups is 2. The molecule has 2 heterocycles. The molecule has 2 saturated heterocycles. The van der Waals surface area contributed by atoms with Crippen LogP contribution < -0.4 is 16.0 Å². The number of halogens is 1. The number of nitrogens with two attached hydrogens (primary N) is 1. The number of carbonyl (C=O) groups excluding carboxylic acids is 2. The van der Waals surface area contributed by atoms with Gasteiger partial charge in [-0.1, -0.05) is 12.1 Å². The van der Waals surface area contributed by atoms with Gasteiger partial charge in [0.05, 0.1) is 5.69 Å². The number of guanidine groups is 1. The number of nitrogens with zero attached hydrogens (tertiary/aromatic N) is 3. The third-order valence-corrected chi connectivity index (χ3v) is 5.65. The number of piperidine rings is 1. The molecule has 0 aliphatic carbocycles. The normalized spacial score (nSPS) is 18.2. The third kappa shape index (κ3) is 5.38. The molecule has 0 spiro atoms. The van der Waals surface area contributed by atoms with Gasteiger partial charge in [-0.05, 0) is 39.0 Å². The number of benzene rings is 1. The van der Waals surface area contributed by atoms with Gasteiger partial charge < -0.3 is 25.2 Å². The van der Waals surface area contributed by atoms with Crippen molar-refractivity contribution in [3.8, 4) is 0 Å². The number of hydrogen-bond acceptors (Lipinski definition) is 6. The molecule has 2 aliphatic heterocycles. The lowest BCUT2D eigenvalue weighted by Crippen LogP contribution is -2.51. The van der Waals surface area contributed by atoms with Crippen molar-refractivity contribution in [2.75, 3.05) is 51.2 Å². The molecule has 0 atom stereocenters. The maximum absolute atomic E-state index is 14.9. The molecule has 2 fully saturated rings. The maximum Gasteiger partial charge on any atom is 0.414 e. The number of piperazine rings is 1. The van der Waals surface area contributed by atoms with Gasteiger partial charge in [-0.15, -0.1) is 0 Å². The van der Waals surface area contributed by atoms with E-state index in [-0.39, 0.29) is 24.0 Å². The highest BCUT2D eigenvalue weighted by Crippen LogP contribution is 2.25. The molecule has 3 rings (SSSR count). The first-order valence-corrected chi connectivity index (χ1v) is 10.1. The van der Waals surface area contributed by atoms with Gasteiger partial charge in [0, 0.05) is 37.7 Å². The van der Waals surface area contributed by atoms with E-state index in [1.807, 2.05) is 15.1 Å². The number of alkyl carbamates (subject to hydrolysis) is 1. The van der Waals surface area contributed by atoms with Crippen LogP contribution in [0.3, 0.4) is 0 Å². The van der Waals surface area contributed by atoms with E-state index in [2.05, 4.69) is 11.9 Å². The fraction of sp³-hybridized carbons (Fsp3) is 0.550. The number of hydrogen-bond donors (Lipinski definition) is 3. The monoisotopic (exact) mass is 420 g/mol. The second-order valence-electron chi connectivity index (χ2n) is 7.75. The van der Waals surface area contributed by atoms with Crippen LogP contribution in [0.4, 0.5) is 14.9 Å². The molecule has 1 aromatic carbocycles. The van der Waals surface area contributed by atoms with E-state index in [9.17, 15) is 14.0 Å². The molecule has 30 heavy (non-hydrogen) atoms. The second kappa shape index (κ2) is 9.75. The van der Waals surface area contributed by atoms with Crippen LogP contribution in [0.15, 0.2) is 18.2 Å². The Morgan fingerprint density at radius 1 is 1.20 bits per heavy atom. The molecule has 0 bridgehead atoms. The number of likely N-dealkylation sites (tertiary alicyclic amines) is 1. The van der Waals surface area contributed by atoms with Crippen molar-refractivity contribution in [1.82, 2.24) is 15.1 Å². The summed E-state index contributed by atoms with van der Waals surface area (Å²) >= 11 is 0. The van der Waals surface area contributed by atoms with Gasteiger partial charge in [0.2, 0.25) is 5.91 Å². The van der Waals surface area contributed by atoms with Gasteiger partial charge in [-0.2, -0.15) is 0 Å². The van der Waals surface area contributed by atoms with Crippen molar-refractivity contribution >= 4 is 23.6 Å². The van der Waals surface area contributed by atoms with E-state index in [4.69, 9.17) is 15.9 Å². The standard InChI is InChI=1S/C20H29FN6O3/c1-25-7-5-14(6-8-25)18(28)27-11-9-26(10-12-27)16-4-2-3-15(17(16)21)13-30-20(29)24-19(22)23/h2-4,14H,5-13H2,1H3,(H4,22,23,24,29). The minimum absolute atomic E-state index is 0.0890. The molecule has 0 unspecified atom stereocenters. The lowest BCUT2D eigenvalue weighted by molar-refractivity contribution is -0.137. The lowest BCUT2D eigenvalue weighted by atomic mass is 9.95. The average molecular weight is 420 g/mol. The van der Waals surface area contributed by atoms with Gasteiger partial charge in [-0.25, -0.2) is 9.18 Å². The Kier molecular flexibility index (Phi) is 7.09. The van der Waals surface area contributed by atoms with Crippen molar-refractivity contribution < 1.29 is 18.7 Å². The smallest absolute Gasteiger partial charge is 0.414 e. The molecule has 4 N–H and O–H groups in total. The maximum atomic E-state index is 14.9. The predicted molar refractivity (Wildman–Crippen MR) is 111 cm³/mol. The molecule has 2 amide bonds. The van der Waals surface area contributed by atoms with Crippen molar-refractivity contribution in [2.45, 2.75) is 19.4 Å². The largest absolute Gasteiger partial charge is 0.444 e. The van der Waals surface area contributed by atoms with Crippen LogP contribution in [0.5, 0.6) is 0 Å². The zero-order valence-electron chi connectivity index (χ0n) is 17.2. The van der Waals surface area contributed by atoms with E-state index in [0.29, 0.717) is 31.9 Å². The number of nitrogens with one attached hydrogen (secondary N) is 2. The van der Waals surface area contributed by atoms with E-state index < -0.39 is 17.9 Å². The van der Waals surface area contributed by atoms with E-state index in [1.165, 1.54) is 0 Å². The first kappa shape index (κ1) is 21.8. The fourth-order valence-corrected chi connectivity index (χ4v) is 3.89. The van der Waals surface area contributed by atoms with Crippen molar-refractivity contribution in [2.24, 2.45) is 11.7 Å². The molecular formula is C20H29FN6O3. The zero-order chi connectivity index (χ0) is 21.7. The lowest BCUT2D eigenvalue weighted by Gasteiger charge is -2.39. The third-order valence-electron chi connectivity index (χ3n) is 5.65. The summed E-state index contributed by atoms with van der Waals surface area (Å²) < 4.78 is 19.8. The highest BCUT2D eigenvalue weighted by Gasteiger charge is 2.30. The van der Waals surface area contributed by atoms with Gasteiger partial charge in [0.1, 0.15) is 6.61 Å². The molecule has 0 aromatic heterocycles. The Morgan fingerprint density at radius 3 is 2.50 bits per heavy atom. The summed E-state index contributed by atoms with van der Waals surface area (Å²) in [4.78, 5) is 30.3. The second-order valence-corrected chi connectivity index (χ2v) is 7.75. The van der Waals surface area contributed by atoms with Crippen LogP contribution in [-0.4, -0.2) is 74.1 Å². The zero-order valence-corrected chi connectivity index (χ0v) is 17.2. The Morgan fingerprint density at radius 2 is 1.87 bits per heavy atom. The van der Waals surface area contributed by atoms with E-state index in [1.54, 1.807) is 18.2 Å². The van der Waals surface area contributed by atoms with Crippen LogP contribution in [0.1, 0.15) is 18.4 Å². The summed E-state index contributed by atoms with van der Waals surface area (Å²) in [7, 11) is 2.07. The molecule has 0 radical (unpaired) electrons. The summed E-state index contributed by atoms with van der Waals surface area (Å²) in [6.07, 6.45) is 0.876. The van der Waals surface area contributed by atoms with E-state index in [0.717, 1.165) is 25.9 Å². The number of ether oxygens (including phenoxy) is 1. The summed E-state index contributed by atoms with van der Waals surface area (Å²) in [5, 5.41) is 8.98. The number of rotatable bonds is 4. The van der Waals surface area contributed by atoms with Gasteiger partial charge in [-0.3, -0.25) is 15.5 Å². The molecule has 10 heteroatoms. The van der Waals surface area contributed by atoms with Gasteiger partial charge in [0.25, 0.3) is 0 Å². The Balaban J connectivity index is 1.55. The average Bonchev–Trinajstić information content (AvgIpc) is 2.73. The minimum atomic E-state index is -0.909. The Bertz CT molecular complexity index is 789. The summed E-state index contributed by atoms with van der Waals surface area (Å²) in [6, 6.07) is 4.93. The van der Waals surface area contributed by atoms with Crippen LogP contribution in [-0.2, 0) is 16.1 Å². The van der Waals surface area contributed by atoms with Crippen LogP contribution in [0.25, 0.3) is 0 Å². The van der Waals surface area contributed by atoms with Crippen LogP contribution >= 0.6 is 0 Å². The van der Waals surface area contributed by atoms with Crippen molar-refractivity contribution in [3.05, 3.63) is 29.6 Å². The quantitative estimate of drug-likeness (QED) is 0.493. The summed E-state index contributed by atoms with van der Waals surface area (Å²) in [6.45, 7) is 3.84. The molecule has 2 aliphatic rings. The minimum Gasteiger partial charge on any atom is -0.444 e. The Hall–Kier alpha value is -2.88. The summed E-state index contributed by atoms with van der Waals surface area (Å²) in [5.41, 5.74) is 5.72. The highest BCUT2D eigenvalue weighted by molar-refractivity contribution is 5.90. The fourth-order valence-electron chi connectivity index (χ4n) is 3.89. The van der Waals surface area contributed by atoms with Gasteiger partial charge >= 0.3 is 6.09 Å². The first-order valence-electron chi connectivity index (χ1n) is 10.1. The highest BCUT2D eigenvalue weighted by atomic mass is 19.1. The molecule has 164 valence electrons. The Labute approximate surface area is 175 Å². The number of anilines is 1. The van der Waals surface area contributed by atoms with Crippen LogP contribution in [0, 0.1) is 17.1 Å². The van der Waals surface area contributed by atoms with E-state index >= 15 is 0 Å². The van der Waals surface area contributed by atoms with Crippen molar-refractivity contribution in [1.29, 1.82) is 5.41 Å². The SMILES string of the molecule is CN1CCC(C(=O)N2CCN(c3cccc(COC(=O)NC(=N)N)c3F)CC2)CC1. The van der Waals surface area contributed by atoms with Crippen molar-refractivity contribution in [3.63, 3.8) is 0 Å². The first-order chi connectivity index (χ1) is 14.3. The molecule has 9 nitrogen and oxygen atoms in total. The molecule has 1 aromatic rings. The summed E-state index contributed by atoms with van der Waals surface area (Å²) in [5.74, 6) is -0.696. The topological polar surface area (TPSA) is 115 Å². The predicted octanol–water partition coefficient (Wildman–Crippen LogP) is 0.936. The number of amides is 2.